The number of hydrogen-bond acceptors (Lipinski definition) is 2. The molecule has 0 aromatic carbocycles. The molecule has 0 spiro atoms. The van der Waals surface area contributed by atoms with Gasteiger partial charge in [-0.2, -0.15) is 5.10 Å². The molecule has 0 amide bonds. The van der Waals surface area contributed by atoms with E-state index < -0.39 is 0 Å². The number of nitrogens with zero attached hydrogens (tertiary/aromatic N) is 1. The molecule has 2 rings (SSSR count). The largest absolute Gasteiger partial charge is 0.382 e. The average molecular weight is 165 g/mol. The minimum Gasteiger partial charge on any atom is -0.382 e. The van der Waals surface area contributed by atoms with E-state index >= 15 is 0 Å². The molecule has 0 aliphatic heterocycles. The lowest BCUT2D eigenvalue weighted by Gasteiger charge is -2.04. The fraction of sp³-hybridized carbons (Fsp3) is 0.667. The summed E-state index contributed by atoms with van der Waals surface area (Å²) < 4.78 is 0. The lowest BCUT2D eigenvalue weighted by Crippen LogP contribution is -1.93. The third-order valence-electron chi connectivity index (χ3n) is 2.75. The van der Waals surface area contributed by atoms with E-state index in [1.807, 2.05) is 6.07 Å². The monoisotopic (exact) mass is 165 g/mol. The maximum absolute atomic E-state index is 5.54. The maximum atomic E-state index is 5.54. The number of anilines is 1. The third-order valence-corrected chi connectivity index (χ3v) is 2.75. The molecule has 1 aromatic heterocycles. The van der Waals surface area contributed by atoms with Crippen LogP contribution >= 0.6 is 0 Å². The Balaban J connectivity index is 2.11. The Hall–Kier alpha value is -0.990. The Morgan fingerprint density at radius 1 is 1.58 bits per heavy atom. The van der Waals surface area contributed by atoms with Crippen molar-refractivity contribution in [2.75, 3.05) is 5.73 Å². The topological polar surface area (TPSA) is 54.7 Å². The van der Waals surface area contributed by atoms with E-state index in [2.05, 4.69) is 17.1 Å². The SMILES string of the molecule is CC1CCC(c2cc(N)n[nH]2)C1. The van der Waals surface area contributed by atoms with Crippen LogP contribution in [0.25, 0.3) is 0 Å². The number of nitrogens with one attached hydrogen (secondary N) is 1. The summed E-state index contributed by atoms with van der Waals surface area (Å²) in [5.41, 5.74) is 6.76. The smallest absolute Gasteiger partial charge is 0.145 e. The van der Waals surface area contributed by atoms with Gasteiger partial charge < -0.3 is 5.73 Å². The predicted molar refractivity (Wildman–Crippen MR) is 48.8 cm³/mol. The summed E-state index contributed by atoms with van der Waals surface area (Å²) in [6, 6.07) is 1.96. The van der Waals surface area contributed by atoms with Crippen molar-refractivity contribution >= 4 is 5.82 Å². The first kappa shape index (κ1) is 7.65. The number of nitrogen functional groups attached to an aromatic ring is 1. The van der Waals surface area contributed by atoms with Gasteiger partial charge in [0.25, 0.3) is 0 Å². The molecule has 3 nitrogen and oxygen atoms in total. The molecule has 0 bridgehead atoms. The zero-order valence-corrected chi connectivity index (χ0v) is 7.38. The summed E-state index contributed by atoms with van der Waals surface area (Å²) >= 11 is 0. The predicted octanol–water partition coefficient (Wildman–Crippen LogP) is 1.90. The van der Waals surface area contributed by atoms with E-state index in [9.17, 15) is 0 Å². The molecule has 1 heterocycles. The molecule has 12 heavy (non-hydrogen) atoms. The zero-order chi connectivity index (χ0) is 8.55. The van der Waals surface area contributed by atoms with Crippen molar-refractivity contribution < 1.29 is 0 Å². The molecule has 1 aliphatic carbocycles. The average Bonchev–Trinajstić information content (AvgIpc) is 2.58. The zero-order valence-electron chi connectivity index (χ0n) is 7.38. The Labute approximate surface area is 72.4 Å². The van der Waals surface area contributed by atoms with Gasteiger partial charge in [0.15, 0.2) is 0 Å². The molecule has 0 radical (unpaired) electrons. The summed E-state index contributed by atoms with van der Waals surface area (Å²) in [6.45, 7) is 2.31. The van der Waals surface area contributed by atoms with Gasteiger partial charge >= 0.3 is 0 Å². The first-order valence-electron chi connectivity index (χ1n) is 4.56. The molecule has 1 saturated carbocycles. The van der Waals surface area contributed by atoms with Crippen LogP contribution in [-0.4, -0.2) is 10.2 Å². The van der Waals surface area contributed by atoms with Gasteiger partial charge in [0.1, 0.15) is 5.82 Å². The molecule has 0 saturated heterocycles. The van der Waals surface area contributed by atoms with E-state index in [1.54, 1.807) is 0 Å². The van der Waals surface area contributed by atoms with E-state index in [4.69, 9.17) is 5.73 Å². The molecular formula is C9H15N3. The van der Waals surface area contributed by atoms with Gasteiger partial charge in [0, 0.05) is 17.7 Å². The van der Waals surface area contributed by atoms with Crippen molar-refractivity contribution in [2.24, 2.45) is 5.92 Å². The molecule has 1 aromatic rings. The number of nitrogens with two attached hydrogens (primary N) is 1. The second-order valence-corrected chi connectivity index (χ2v) is 3.86. The van der Waals surface area contributed by atoms with Crippen LogP contribution in [0.1, 0.15) is 37.8 Å². The van der Waals surface area contributed by atoms with E-state index in [1.165, 1.54) is 25.0 Å². The van der Waals surface area contributed by atoms with Crippen LogP contribution in [0, 0.1) is 5.92 Å². The molecule has 2 unspecified atom stereocenters. The number of aromatic amines is 1. The van der Waals surface area contributed by atoms with Crippen molar-refractivity contribution in [3.63, 3.8) is 0 Å². The fourth-order valence-electron chi connectivity index (χ4n) is 2.05. The van der Waals surface area contributed by atoms with Gasteiger partial charge in [0.05, 0.1) is 0 Å². The van der Waals surface area contributed by atoms with Crippen LogP contribution in [0.3, 0.4) is 0 Å². The number of H-pyrrole nitrogens is 1. The van der Waals surface area contributed by atoms with Gasteiger partial charge in [-0.15, -0.1) is 0 Å². The van der Waals surface area contributed by atoms with Gasteiger partial charge in [-0.3, -0.25) is 5.10 Å². The molecule has 1 fully saturated rings. The molecule has 2 atom stereocenters. The standard InChI is InChI=1S/C9H15N3/c1-6-2-3-7(4-6)8-5-9(10)12-11-8/h5-7H,2-4H2,1H3,(H3,10,11,12). The third kappa shape index (κ3) is 1.31. The Kier molecular flexibility index (Phi) is 1.79. The lowest BCUT2D eigenvalue weighted by molar-refractivity contribution is 0.591. The van der Waals surface area contributed by atoms with Crippen LogP contribution in [0.15, 0.2) is 6.07 Å². The van der Waals surface area contributed by atoms with E-state index in [0.717, 1.165) is 5.92 Å². The second kappa shape index (κ2) is 2.81. The summed E-state index contributed by atoms with van der Waals surface area (Å²) in [5, 5.41) is 6.93. The van der Waals surface area contributed by atoms with Crippen LogP contribution in [0.5, 0.6) is 0 Å². The van der Waals surface area contributed by atoms with Crippen molar-refractivity contribution in [1.82, 2.24) is 10.2 Å². The number of hydrogen-bond donors (Lipinski definition) is 2. The minimum atomic E-state index is 0.615. The van der Waals surface area contributed by atoms with E-state index in [-0.39, 0.29) is 0 Å². The van der Waals surface area contributed by atoms with Crippen molar-refractivity contribution in [2.45, 2.75) is 32.1 Å². The van der Waals surface area contributed by atoms with E-state index in [0.29, 0.717) is 11.7 Å². The lowest BCUT2D eigenvalue weighted by atomic mass is 10.0. The molecule has 1 aliphatic rings. The highest BCUT2D eigenvalue weighted by Gasteiger charge is 2.23. The second-order valence-electron chi connectivity index (χ2n) is 3.86. The van der Waals surface area contributed by atoms with Gasteiger partial charge in [-0.1, -0.05) is 13.3 Å². The number of rotatable bonds is 1. The minimum absolute atomic E-state index is 0.615. The van der Waals surface area contributed by atoms with Crippen LogP contribution < -0.4 is 5.73 Å². The maximum Gasteiger partial charge on any atom is 0.145 e. The molecule has 3 heteroatoms. The fourth-order valence-corrected chi connectivity index (χ4v) is 2.05. The Morgan fingerprint density at radius 2 is 2.42 bits per heavy atom. The Bertz CT molecular complexity index is 266. The summed E-state index contributed by atoms with van der Waals surface area (Å²) in [6.07, 6.45) is 3.90. The van der Waals surface area contributed by atoms with Crippen LogP contribution in [-0.2, 0) is 0 Å². The highest BCUT2D eigenvalue weighted by atomic mass is 15.2. The summed E-state index contributed by atoms with van der Waals surface area (Å²) in [4.78, 5) is 0. The number of aromatic nitrogens is 2. The quantitative estimate of drug-likeness (QED) is 0.667. The molecule has 3 N–H and O–H groups in total. The van der Waals surface area contributed by atoms with Gasteiger partial charge in [0.2, 0.25) is 0 Å². The van der Waals surface area contributed by atoms with Crippen LogP contribution in [0.2, 0.25) is 0 Å². The van der Waals surface area contributed by atoms with Gasteiger partial charge in [-0.05, 0) is 18.8 Å². The van der Waals surface area contributed by atoms with Crippen molar-refractivity contribution in [3.8, 4) is 0 Å². The van der Waals surface area contributed by atoms with Gasteiger partial charge in [-0.25, -0.2) is 0 Å². The molecule has 66 valence electrons. The summed E-state index contributed by atoms with van der Waals surface area (Å²) in [7, 11) is 0. The first-order chi connectivity index (χ1) is 5.75. The normalized spacial score (nSPS) is 29.4. The highest BCUT2D eigenvalue weighted by molar-refractivity contribution is 5.30. The van der Waals surface area contributed by atoms with Crippen molar-refractivity contribution in [1.29, 1.82) is 0 Å². The van der Waals surface area contributed by atoms with Crippen molar-refractivity contribution in [3.05, 3.63) is 11.8 Å². The molecular weight excluding hydrogens is 150 g/mol. The summed E-state index contributed by atoms with van der Waals surface area (Å²) in [5.74, 6) is 2.15. The van der Waals surface area contributed by atoms with Crippen LogP contribution in [0.4, 0.5) is 5.82 Å². The first-order valence-corrected chi connectivity index (χ1v) is 4.56. The highest BCUT2D eigenvalue weighted by Crippen LogP contribution is 2.37. The Morgan fingerprint density at radius 3 is 2.92 bits per heavy atom.